The fourth-order valence-corrected chi connectivity index (χ4v) is 3.38. The van der Waals surface area contributed by atoms with E-state index in [-0.39, 0.29) is 5.92 Å². The Morgan fingerprint density at radius 2 is 2.27 bits per heavy atom. The Morgan fingerprint density at radius 1 is 1.47 bits per heavy atom. The first-order valence-electron chi connectivity index (χ1n) is 5.46. The second-order valence-electron chi connectivity index (χ2n) is 4.44. The summed E-state index contributed by atoms with van der Waals surface area (Å²) in [6, 6.07) is 3.67. The Morgan fingerprint density at radius 3 is 2.87 bits per heavy atom. The van der Waals surface area contributed by atoms with E-state index in [1.54, 1.807) is 0 Å². The summed E-state index contributed by atoms with van der Waals surface area (Å²) in [4.78, 5) is 12.9. The van der Waals surface area contributed by atoms with Crippen LogP contribution in [0.15, 0.2) is 12.1 Å². The minimum absolute atomic E-state index is 0.239. The molecule has 2 rings (SSSR count). The molecule has 1 heterocycles. The van der Waals surface area contributed by atoms with E-state index in [0.29, 0.717) is 16.0 Å². The molecule has 15 heavy (non-hydrogen) atoms. The second kappa shape index (κ2) is 4.67. The maximum Gasteiger partial charge on any atom is 0.175 e. The first-order valence-corrected chi connectivity index (χ1v) is 6.66. The first kappa shape index (κ1) is 11.2. The number of hydrogen-bond acceptors (Lipinski definition) is 2. The van der Waals surface area contributed by atoms with Gasteiger partial charge in [-0.3, -0.25) is 4.79 Å². The van der Waals surface area contributed by atoms with E-state index in [0.717, 1.165) is 17.7 Å². The van der Waals surface area contributed by atoms with Crippen molar-refractivity contribution in [1.82, 2.24) is 0 Å². The van der Waals surface area contributed by atoms with Gasteiger partial charge >= 0.3 is 0 Å². The summed E-state index contributed by atoms with van der Waals surface area (Å²) in [7, 11) is 0. The third kappa shape index (κ3) is 2.61. The predicted molar refractivity (Wildman–Crippen MR) is 64.8 cm³/mol. The van der Waals surface area contributed by atoms with Gasteiger partial charge in [0.05, 0.1) is 9.21 Å². The van der Waals surface area contributed by atoms with Crippen LogP contribution in [0.5, 0.6) is 0 Å². The predicted octanol–water partition coefficient (Wildman–Crippen LogP) is 4.41. The fourth-order valence-electron chi connectivity index (χ4n) is 2.32. The van der Waals surface area contributed by atoms with Crippen molar-refractivity contribution in [3.05, 3.63) is 21.3 Å². The Labute approximate surface area is 99.5 Å². The van der Waals surface area contributed by atoms with Crippen LogP contribution in [0.1, 0.15) is 42.3 Å². The van der Waals surface area contributed by atoms with Gasteiger partial charge in [0.15, 0.2) is 5.78 Å². The number of hydrogen-bond donors (Lipinski definition) is 0. The number of rotatable bonds is 2. The van der Waals surface area contributed by atoms with Crippen molar-refractivity contribution in [2.45, 2.75) is 32.6 Å². The lowest BCUT2D eigenvalue weighted by Crippen LogP contribution is -2.21. The average molecular weight is 243 g/mol. The van der Waals surface area contributed by atoms with Crippen molar-refractivity contribution >= 4 is 28.7 Å². The summed E-state index contributed by atoms with van der Waals surface area (Å²) < 4.78 is 0.710. The molecule has 2 atom stereocenters. The Kier molecular flexibility index (Phi) is 3.47. The Hall–Kier alpha value is -0.340. The molecule has 0 amide bonds. The van der Waals surface area contributed by atoms with Gasteiger partial charge in [0, 0.05) is 5.92 Å². The lowest BCUT2D eigenvalue weighted by molar-refractivity contribution is 0.0872. The molecule has 0 radical (unpaired) electrons. The van der Waals surface area contributed by atoms with E-state index in [1.807, 2.05) is 12.1 Å². The molecule has 0 saturated heterocycles. The van der Waals surface area contributed by atoms with E-state index in [9.17, 15) is 4.79 Å². The summed E-state index contributed by atoms with van der Waals surface area (Å²) >= 11 is 7.24. The molecule has 1 aromatic heterocycles. The Balaban J connectivity index is 2.07. The molecule has 0 bridgehead atoms. The smallest absolute Gasteiger partial charge is 0.175 e. The van der Waals surface area contributed by atoms with Crippen LogP contribution in [0, 0.1) is 11.8 Å². The molecule has 82 valence electrons. The number of carbonyl (C=O) groups is 1. The molecular weight excluding hydrogens is 228 g/mol. The maximum atomic E-state index is 12.1. The van der Waals surface area contributed by atoms with Gasteiger partial charge in [0.2, 0.25) is 0 Å². The van der Waals surface area contributed by atoms with Crippen molar-refractivity contribution in [2.75, 3.05) is 0 Å². The van der Waals surface area contributed by atoms with Crippen LogP contribution in [0.25, 0.3) is 0 Å². The van der Waals surface area contributed by atoms with Crippen molar-refractivity contribution in [3.8, 4) is 0 Å². The molecule has 1 aliphatic rings. The number of carbonyl (C=O) groups excluding carboxylic acids is 1. The number of Topliss-reactive ketones (excluding diaryl/α,β-unsaturated/α-hetero) is 1. The SMILES string of the molecule is CC1CCCC(C(=O)c2ccc(Cl)s2)C1. The summed E-state index contributed by atoms with van der Waals surface area (Å²) in [6.07, 6.45) is 4.57. The zero-order chi connectivity index (χ0) is 10.8. The highest BCUT2D eigenvalue weighted by Gasteiger charge is 2.26. The largest absolute Gasteiger partial charge is 0.293 e. The zero-order valence-electron chi connectivity index (χ0n) is 8.83. The van der Waals surface area contributed by atoms with Crippen molar-refractivity contribution < 1.29 is 4.79 Å². The minimum Gasteiger partial charge on any atom is -0.293 e. The normalized spacial score (nSPS) is 26.5. The van der Waals surface area contributed by atoms with Gasteiger partial charge in [-0.25, -0.2) is 0 Å². The topological polar surface area (TPSA) is 17.1 Å². The number of ketones is 1. The summed E-state index contributed by atoms with van der Waals surface area (Å²) in [6.45, 7) is 2.24. The molecule has 0 spiro atoms. The minimum atomic E-state index is 0.239. The molecular formula is C12H15ClOS. The summed E-state index contributed by atoms with van der Waals surface area (Å²) in [5.41, 5.74) is 0. The summed E-state index contributed by atoms with van der Waals surface area (Å²) in [5, 5.41) is 0. The van der Waals surface area contributed by atoms with Crippen LogP contribution >= 0.6 is 22.9 Å². The van der Waals surface area contributed by atoms with Crippen LogP contribution in [0.2, 0.25) is 4.34 Å². The first-order chi connectivity index (χ1) is 7.16. The van der Waals surface area contributed by atoms with Crippen LogP contribution in [0.3, 0.4) is 0 Å². The Bertz CT molecular complexity index is 358. The molecule has 1 fully saturated rings. The molecule has 0 aromatic carbocycles. The van der Waals surface area contributed by atoms with Crippen LogP contribution in [0.4, 0.5) is 0 Å². The maximum absolute atomic E-state index is 12.1. The van der Waals surface area contributed by atoms with Gasteiger partial charge in [-0.05, 0) is 30.9 Å². The average Bonchev–Trinajstić information content (AvgIpc) is 2.64. The molecule has 2 unspecified atom stereocenters. The van der Waals surface area contributed by atoms with E-state index >= 15 is 0 Å². The van der Waals surface area contributed by atoms with E-state index < -0.39 is 0 Å². The quantitative estimate of drug-likeness (QED) is 0.702. The van der Waals surface area contributed by atoms with Gasteiger partial charge in [-0.15, -0.1) is 11.3 Å². The molecule has 1 aromatic rings. The zero-order valence-corrected chi connectivity index (χ0v) is 10.4. The van der Waals surface area contributed by atoms with Crippen LogP contribution < -0.4 is 0 Å². The number of thiophene rings is 1. The lowest BCUT2D eigenvalue weighted by Gasteiger charge is -2.25. The summed E-state index contributed by atoms with van der Waals surface area (Å²) in [5.74, 6) is 1.24. The van der Waals surface area contributed by atoms with E-state index in [4.69, 9.17) is 11.6 Å². The van der Waals surface area contributed by atoms with Crippen LogP contribution in [-0.4, -0.2) is 5.78 Å². The highest BCUT2D eigenvalue weighted by molar-refractivity contribution is 7.18. The van der Waals surface area contributed by atoms with Gasteiger partial charge in [0.25, 0.3) is 0 Å². The third-order valence-corrected chi connectivity index (χ3v) is 4.37. The monoisotopic (exact) mass is 242 g/mol. The van der Waals surface area contributed by atoms with Gasteiger partial charge < -0.3 is 0 Å². The van der Waals surface area contributed by atoms with Crippen molar-refractivity contribution in [1.29, 1.82) is 0 Å². The molecule has 0 aliphatic heterocycles. The number of halogens is 1. The third-order valence-electron chi connectivity index (χ3n) is 3.12. The van der Waals surface area contributed by atoms with E-state index in [1.165, 1.54) is 24.2 Å². The molecule has 1 saturated carbocycles. The van der Waals surface area contributed by atoms with Gasteiger partial charge in [-0.1, -0.05) is 31.4 Å². The lowest BCUT2D eigenvalue weighted by atomic mass is 9.80. The van der Waals surface area contributed by atoms with Gasteiger partial charge in [0.1, 0.15) is 0 Å². The van der Waals surface area contributed by atoms with Crippen molar-refractivity contribution in [2.24, 2.45) is 11.8 Å². The van der Waals surface area contributed by atoms with Crippen molar-refractivity contribution in [3.63, 3.8) is 0 Å². The highest BCUT2D eigenvalue weighted by atomic mass is 35.5. The molecule has 3 heteroatoms. The molecule has 0 N–H and O–H groups in total. The fraction of sp³-hybridized carbons (Fsp3) is 0.583. The highest BCUT2D eigenvalue weighted by Crippen LogP contribution is 2.33. The van der Waals surface area contributed by atoms with Crippen LogP contribution in [-0.2, 0) is 0 Å². The van der Waals surface area contributed by atoms with E-state index in [2.05, 4.69) is 6.92 Å². The van der Waals surface area contributed by atoms with Gasteiger partial charge in [-0.2, -0.15) is 0 Å². The molecule has 1 aliphatic carbocycles. The standard InChI is InChI=1S/C12H15ClOS/c1-8-3-2-4-9(7-8)12(14)10-5-6-11(13)15-10/h5-6,8-9H,2-4,7H2,1H3. The second-order valence-corrected chi connectivity index (χ2v) is 6.15. The molecule has 1 nitrogen and oxygen atoms in total.